The van der Waals surface area contributed by atoms with Crippen LogP contribution in [0.3, 0.4) is 0 Å². The topological polar surface area (TPSA) is 41.5 Å². The van der Waals surface area contributed by atoms with Crippen LogP contribution in [0.5, 0.6) is 5.75 Å². The van der Waals surface area contributed by atoms with Crippen molar-refractivity contribution in [1.82, 2.24) is 5.32 Å². The monoisotopic (exact) mass is 269 g/mol. The Bertz CT molecular complexity index is 329. The molecular weight excluding hydrogens is 246 g/mol. The average Bonchev–Trinajstić information content (AvgIpc) is 2.38. The summed E-state index contributed by atoms with van der Waals surface area (Å²) in [6.45, 7) is 5.99. The molecule has 0 aromatic heterocycles. The first-order valence-electron chi connectivity index (χ1n) is 6.23. The highest BCUT2D eigenvalue weighted by molar-refractivity contribution is 7.99. The number of aryl methyl sites for hydroxylation is 1. The van der Waals surface area contributed by atoms with E-state index in [0.717, 1.165) is 12.3 Å². The van der Waals surface area contributed by atoms with Gasteiger partial charge in [-0.3, -0.25) is 0 Å². The number of aliphatic hydroxyl groups excluding tert-OH is 1. The second-order valence-corrected chi connectivity index (χ2v) is 5.76. The first-order chi connectivity index (χ1) is 8.61. The smallest absolute Gasteiger partial charge is 0.119 e. The maximum atomic E-state index is 9.76. The van der Waals surface area contributed by atoms with E-state index in [1.165, 1.54) is 5.56 Å². The van der Waals surface area contributed by atoms with Crippen LogP contribution in [0.4, 0.5) is 0 Å². The van der Waals surface area contributed by atoms with E-state index in [4.69, 9.17) is 4.74 Å². The van der Waals surface area contributed by atoms with Crippen molar-refractivity contribution in [2.45, 2.75) is 25.2 Å². The maximum absolute atomic E-state index is 9.76. The van der Waals surface area contributed by atoms with Crippen molar-refractivity contribution >= 4 is 11.8 Å². The van der Waals surface area contributed by atoms with Gasteiger partial charge in [-0.2, -0.15) is 11.8 Å². The lowest BCUT2D eigenvalue weighted by Crippen LogP contribution is -2.34. The molecule has 2 N–H and O–H groups in total. The van der Waals surface area contributed by atoms with E-state index in [1.54, 1.807) is 0 Å². The minimum absolute atomic E-state index is 0.323. The van der Waals surface area contributed by atoms with Gasteiger partial charge >= 0.3 is 0 Å². The number of aliphatic hydroxyl groups is 1. The summed E-state index contributed by atoms with van der Waals surface area (Å²) in [4.78, 5) is 0. The first-order valence-corrected chi connectivity index (χ1v) is 7.51. The summed E-state index contributed by atoms with van der Waals surface area (Å²) in [5.74, 6) is 0.803. The number of hydrogen-bond acceptors (Lipinski definition) is 4. The third-order valence-corrected chi connectivity index (χ3v) is 3.65. The Morgan fingerprint density at radius 3 is 2.56 bits per heavy atom. The molecule has 1 aromatic rings. The number of thioether (sulfide) groups is 1. The van der Waals surface area contributed by atoms with Gasteiger partial charge in [0, 0.05) is 18.3 Å². The number of hydrogen-bond donors (Lipinski definition) is 2. The van der Waals surface area contributed by atoms with Gasteiger partial charge in [0.15, 0.2) is 0 Å². The van der Waals surface area contributed by atoms with Gasteiger partial charge < -0.3 is 15.2 Å². The van der Waals surface area contributed by atoms with E-state index < -0.39 is 6.10 Å². The quantitative estimate of drug-likeness (QED) is 0.758. The Labute approximate surface area is 114 Å². The van der Waals surface area contributed by atoms with Crippen molar-refractivity contribution in [1.29, 1.82) is 0 Å². The average molecular weight is 269 g/mol. The van der Waals surface area contributed by atoms with Gasteiger partial charge in [-0.15, -0.1) is 0 Å². The summed E-state index contributed by atoms with van der Waals surface area (Å²) in [6, 6.07) is 7.84. The van der Waals surface area contributed by atoms with Gasteiger partial charge in [0.1, 0.15) is 18.5 Å². The summed E-state index contributed by atoms with van der Waals surface area (Å²) in [5, 5.41) is 13.6. The van der Waals surface area contributed by atoms with Gasteiger partial charge in [-0.1, -0.05) is 24.6 Å². The first kappa shape index (κ1) is 15.3. The number of nitrogens with one attached hydrogen (secondary N) is 1. The van der Waals surface area contributed by atoms with Crippen LogP contribution in [0.1, 0.15) is 12.5 Å². The maximum Gasteiger partial charge on any atom is 0.119 e. The SMILES string of the molecule is CSC(C)CNCC(O)COc1ccc(C)cc1. The molecule has 2 unspecified atom stereocenters. The molecule has 0 bridgehead atoms. The van der Waals surface area contributed by atoms with Gasteiger partial charge in [-0.25, -0.2) is 0 Å². The number of ether oxygens (including phenoxy) is 1. The van der Waals surface area contributed by atoms with Crippen LogP contribution in [0.15, 0.2) is 24.3 Å². The zero-order chi connectivity index (χ0) is 13.4. The van der Waals surface area contributed by atoms with E-state index in [2.05, 4.69) is 18.5 Å². The Balaban J connectivity index is 2.16. The van der Waals surface area contributed by atoms with E-state index in [-0.39, 0.29) is 0 Å². The molecule has 4 heteroatoms. The normalized spacial score (nSPS) is 14.2. The van der Waals surface area contributed by atoms with Crippen molar-refractivity contribution in [2.75, 3.05) is 26.0 Å². The van der Waals surface area contributed by atoms with Crippen molar-refractivity contribution in [3.63, 3.8) is 0 Å². The fourth-order valence-electron chi connectivity index (χ4n) is 1.42. The van der Waals surface area contributed by atoms with E-state index in [1.807, 2.05) is 43.0 Å². The standard InChI is InChI=1S/C14H23NO2S/c1-11-4-6-14(7-5-11)17-10-13(16)9-15-8-12(2)18-3/h4-7,12-13,15-16H,8-10H2,1-3H3. The second kappa shape index (κ2) is 8.40. The number of benzene rings is 1. The molecule has 0 radical (unpaired) electrons. The van der Waals surface area contributed by atoms with Crippen LogP contribution in [0.25, 0.3) is 0 Å². The van der Waals surface area contributed by atoms with Crippen LogP contribution in [0.2, 0.25) is 0 Å². The molecule has 0 spiro atoms. The highest BCUT2D eigenvalue weighted by atomic mass is 32.2. The summed E-state index contributed by atoms with van der Waals surface area (Å²) in [7, 11) is 0. The van der Waals surface area contributed by atoms with Gasteiger partial charge in [-0.05, 0) is 25.3 Å². The summed E-state index contributed by atoms with van der Waals surface area (Å²) < 4.78 is 5.51. The second-order valence-electron chi connectivity index (χ2n) is 4.48. The minimum atomic E-state index is -0.472. The molecule has 0 aliphatic heterocycles. The molecule has 1 rings (SSSR count). The highest BCUT2D eigenvalue weighted by Gasteiger charge is 2.06. The molecule has 0 aliphatic carbocycles. The zero-order valence-electron chi connectivity index (χ0n) is 11.3. The molecule has 0 saturated carbocycles. The molecule has 0 saturated heterocycles. The van der Waals surface area contributed by atoms with Gasteiger partial charge in [0.05, 0.1) is 0 Å². The lowest BCUT2D eigenvalue weighted by atomic mass is 10.2. The van der Waals surface area contributed by atoms with Crippen LogP contribution < -0.4 is 10.1 Å². The molecule has 0 amide bonds. The fourth-order valence-corrected chi connectivity index (χ4v) is 1.71. The van der Waals surface area contributed by atoms with E-state index >= 15 is 0 Å². The predicted molar refractivity (Wildman–Crippen MR) is 78.5 cm³/mol. The number of rotatable bonds is 8. The van der Waals surface area contributed by atoms with Crippen molar-refractivity contribution in [3.8, 4) is 5.75 Å². The van der Waals surface area contributed by atoms with Crippen molar-refractivity contribution < 1.29 is 9.84 Å². The Morgan fingerprint density at radius 2 is 1.94 bits per heavy atom. The molecule has 0 fully saturated rings. The fraction of sp³-hybridized carbons (Fsp3) is 0.571. The summed E-state index contributed by atoms with van der Waals surface area (Å²) in [5.41, 5.74) is 1.20. The summed E-state index contributed by atoms with van der Waals surface area (Å²) >= 11 is 1.81. The lowest BCUT2D eigenvalue weighted by molar-refractivity contribution is 0.106. The molecule has 2 atom stereocenters. The Hall–Kier alpha value is -0.710. The van der Waals surface area contributed by atoms with Crippen LogP contribution in [-0.4, -0.2) is 42.4 Å². The minimum Gasteiger partial charge on any atom is -0.491 e. The third-order valence-electron chi connectivity index (χ3n) is 2.68. The molecule has 18 heavy (non-hydrogen) atoms. The van der Waals surface area contributed by atoms with E-state index in [9.17, 15) is 5.11 Å². The Kier molecular flexibility index (Phi) is 7.16. The Morgan fingerprint density at radius 1 is 1.28 bits per heavy atom. The molecule has 0 heterocycles. The van der Waals surface area contributed by atoms with Gasteiger partial charge in [0.2, 0.25) is 0 Å². The van der Waals surface area contributed by atoms with Crippen LogP contribution in [-0.2, 0) is 0 Å². The van der Waals surface area contributed by atoms with Crippen molar-refractivity contribution in [3.05, 3.63) is 29.8 Å². The largest absolute Gasteiger partial charge is 0.491 e. The van der Waals surface area contributed by atoms with Gasteiger partial charge in [0.25, 0.3) is 0 Å². The zero-order valence-corrected chi connectivity index (χ0v) is 12.2. The molecule has 102 valence electrons. The van der Waals surface area contributed by atoms with Crippen molar-refractivity contribution in [2.24, 2.45) is 0 Å². The van der Waals surface area contributed by atoms with E-state index in [0.29, 0.717) is 18.4 Å². The summed E-state index contributed by atoms with van der Waals surface area (Å²) in [6.07, 6.45) is 1.61. The van der Waals surface area contributed by atoms with Crippen LogP contribution >= 0.6 is 11.8 Å². The van der Waals surface area contributed by atoms with Crippen LogP contribution in [0, 0.1) is 6.92 Å². The molecule has 0 aliphatic rings. The molecule has 3 nitrogen and oxygen atoms in total. The third kappa shape index (κ3) is 6.28. The molecule has 1 aromatic carbocycles. The lowest BCUT2D eigenvalue weighted by Gasteiger charge is -2.15. The molecular formula is C14H23NO2S. The highest BCUT2D eigenvalue weighted by Crippen LogP contribution is 2.11. The predicted octanol–water partition coefficient (Wildman–Crippen LogP) is 2.08.